The van der Waals surface area contributed by atoms with Gasteiger partial charge in [-0.25, -0.2) is 0 Å². The van der Waals surface area contributed by atoms with Gasteiger partial charge in [-0.3, -0.25) is 0 Å². The van der Waals surface area contributed by atoms with E-state index < -0.39 is 0 Å². The SMILES string of the molecule is C[C@@H]1CN[C@@H](c2ccc3ccccc3c2)C1. The van der Waals surface area contributed by atoms with Gasteiger partial charge >= 0.3 is 0 Å². The monoisotopic (exact) mass is 211 g/mol. The van der Waals surface area contributed by atoms with Gasteiger partial charge in [0, 0.05) is 6.04 Å². The van der Waals surface area contributed by atoms with E-state index in [1.54, 1.807) is 0 Å². The van der Waals surface area contributed by atoms with E-state index in [1.807, 2.05) is 0 Å². The second-order valence-electron chi connectivity index (χ2n) is 4.91. The average molecular weight is 211 g/mol. The summed E-state index contributed by atoms with van der Waals surface area (Å²) in [5.41, 5.74) is 1.43. The topological polar surface area (TPSA) is 12.0 Å². The molecule has 1 aliphatic rings. The molecule has 2 aromatic rings. The van der Waals surface area contributed by atoms with Gasteiger partial charge in [-0.15, -0.1) is 0 Å². The zero-order valence-electron chi connectivity index (χ0n) is 9.61. The molecule has 0 amide bonds. The Balaban J connectivity index is 1.99. The molecular weight excluding hydrogens is 194 g/mol. The summed E-state index contributed by atoms with van der Waals surface area (Å²) in [4.78, 5) is 0. The minimum Gasteiger partial charge on any atom is -0.310 e. The van der Waals surface area contributed by atoms with Crippen molar-refractivity contribution in [1.29, 1.82) is 0 Å². The van der Waals surface area contributed by atoms with Crippen LogP contribution in [0.15, 0.2) is 42.5 Å². The fraction of sp³-hybridized carbons (Fsp3) is 0.333. The van der Waals surface area contributed by atoms with E-state index in [0.717, 1.165) is 12.5 Å². The van der Waals surface area contributed by atoms with E-state index in [2.05, 4.69) is 54.7 Å². The Kier molecular flexibility index (Phi) is 2.41. The normalized spacial score (nSPS) is 25.1. The number of hydrogen-bond donors (Lipinski definition) is 1. The van der Waals surface area contributed by atoms with Crippen LogP contribution in [0, 0.1) is 5.92 Å². The van der Waals surface area contributed by atoms with Crippen molar-refractivity contribution in [3.63, 3.8) is 0 Å². The number of fused-ring (bicyclic) bond motifs is 1. The summed E-state index contributed by atoms with van der Waals surface area (Å²) in [5, 5.41) is 6.27. The highest BCUT2D eigenvalue weighted by molar-refractivity contribution is 5.83. The predicted octanol–water partition coefficient (Wildman–Crippen LogP) is 3.51. The van der Waals surface area contributed by atoms with Crippen molar-refractivity contribution < 1.29 is 0 Å². The van der Waals surface area contributed by atoms with Crippen molar-refractivity contribution in [3.05, 3.63) is 48.0 Å². The quantitative estimate of drug-likeness (QED) is 0.761. The molecule has 1 nitrogen and oxygen atoms in total. The molecule has 3 rings (SSSR count). The maximum atomic E-state index is 3.59. The first-order chi connectivity index (χ1) is 7.83. The molecule has 0 unspecified atom stereocenters. The summed E-state index contributed by atoms with van der Waals surface area (Å²) >= 11 is 0. The zero-order valence-corrected chi connectivity index (χ0v) is 9.61. The molecule has 16 heavy (non-hydrogen) atoms. The number of rotatable bonds is 1. The number of benzene rings is 2. The van der Waals surface area contributed by atoms with E-state index in [9.17, 15) is 0 Å². The van der Waals surface area contributed by atoms with Crippen LogP contribution in [0.1, 0.15) is 24.9 Å². The molecule has 1 heterocycles. The Bertz CT molecular complexity index is 504. The van der Waals surface area contributed by atoms with E-state index in [-0.39, 0.29) is 0 Å². The largest absolute Gasteiger partial charge is 0.310 e. The zero-order chi connectivity index (χ0) is 11.0. The minimum atomic E-state index is 0.555. The molecule has 1 N–H and O–H groups in total. The summed E-state index contributed by atoms with van der Waals surface area (Å²) in [6.07, 6.45) is 1.26. The third kappa shape index (κ3) is 1.72. The molecule has 0 radical (unpaired) electrons. The average Bonchev–Trinajstić information content (AvgIpc) is 2.75. The van der Waals surface area contributed by atoms with Gasteiger partial charge in [-0.05, 0) is 41.3 Å². The molecular formula is C15H17N. The summed E-state index contributed by atoms with van der Waals surface area (Å²) in [7, 11) is 0. The molecule has 1 aliphatic heterocycles. The highest BCUT2D eigenvalue weighted by Gasteiger charge is 2.21. The van der Waals surface area contributed by atoms with Gasteiger partial charge in [0.15, 0.2) is 0 Å². The van der Waals surface area contributed by atoms with Crippen LogP contribution in [-0.2, 0) is 0 Å². The Hall–Kier alpha value is -1.34. The Labute approximate surface area is 96.5 Å². The van der Waals surface area contributed by atoms with Gasteiger partial charge in [-0.2, -0.15) is 0 Å². The van der Waals surface area contributed by atoms with E-state index >= 15 is 0 Å². The fourth-order valence-electron chi connectivity index (χ4n) is 2.59. The first-order valence-electron chi connectivity index (χ1n) is 6.05. The van der Waals surface area contributed by atoms with Crippen molar-refractivity contribution in [2.24, 2.45) is 5.92 Å². The lowest BCUT2D eigenvalue weighted by atomic mass is 9.98. The molecule has 2 aromatic carbocycles. The van der Waals surface area contributed by atoms with Crippen LogP contribution in [0.2, 0.25) is 0 Å². The van der Waals surface area contributed by atoms with Crippen LogP contribution in [0.4, 0.5) is 0 Å². The van der Waals surface area contributed by atoms with E-state index in [4.69, 9.17) is 0 Å². The lowest BCUT2D eigenvalue weighted by Gasteiger charge is -2.11. The van der Waals surface area contributed by atoms with Crippen molar-refractivity contribution in [2.45, 2.75) is 19.4 Å². The van der Waals surface area contributed by atoms with Gasteiger partial charge in [0.25, 0.3) is 0 Å². The van der Waals surface area contributed by atoms with Gasteiger partial charge in [0.2, 0.25) is 0 Å². The van der Waals surface area contributed by atoms with Crippen LogP contribution in [0.3, 0.4) is 0 Å². The minimum absolute atomic E-state index is 0.555. The Morgan fingerprint density at radius 1 is 1.06 bits per heavy atom. The summed E-state index contributed by atoms with van der Waals surface area (Å²) in [6.45, 7) is 3.46. The molecule has 1 heteroatoms. The number of hydrogen-bond acceptors (Lipinski definition) is 1. The molecule has 0 aliphatic carbocycles. The smallest absolute Gasteiger partial charge is 0.0323 e. The molecule has 1 saturated heterocycles. The number of nitrogens with one attached hydrogen (secondary N) is 1. The highest BCUT2D eigenvalue weighted by atomic mass is 14.9. The summed E-state index contributed by atoms with van der Waals surface area (Å²) < 4.78 is 0. The van der Waals surface area contributed by atoms with E-state index in [1.165, 1.54) is 22.8 Å². The molecule has 82 valence electrons. The van der Waals surface area contributed by atoms with Crippen molar-refractivity contribution >= 4 is 10.8 Å². The maximum absolute atomic E-state index is 3.59. The second-order valence-corrected chi connectivity index (χ2v) is 4.91. The lowest BCUT2D eigenvalue weighted by Crippen LogP contribution is -2.13. The van der Waals surface area contributed by atoms with E-state index in [0.29, 0.717) is 6.04 Å². The fourth-order valence-corrected chi connectivity index (χ4v) is 2.59. The molecule has 0 bridgehead atoms. The van der Waals surface area contributed by atoms with Crippen LogP contribution in [-0.4, -0.2) is 6.54 Å². The van der Waals surface area contributed by atoms with Crippen molar-refractivity contribution in [1.82, 2.24) is 5.32 Å². The van der Waals surface area contributed by atoms with Crippen LogP contribution in [0.25, 0.3) is 10.8 Å². The highest BCUT2D eigenvalue weighted by Crippen LogP contribution is 2.28. The lowest BCUT2D eigenvalue weighted by molar-refractivity contribution is 0.612. The standard InChI is InChI=1S/C15H17N/c1-11-8-15(16-10-11)14-7-6-12-4-2-3-5-13(12)9-14/h2-7,9,11,15-16H,8,10H2,1H3/t11-,15+/m0/s1. The van der Waals surface area contributed by atoms with Gasteiger partial charge in [0.05, 0.1) is 0 Å². The Morgan fingerprint density at radius 2 is 1.88 bits per heavy atom. The van der Waals surface area contributed by atoms with Crippen LogP contribution in [0.5, 0.6) is 0 Å². The molecule has 0 aromatic heterocycles. The first-order valence-corrected chi connectivity index (χ1v) is 6.05. The second kappa shape index (κ2) is 3.91. The third-order valence-corrected chi connectivity index (χ3v) is 3.53. The van der Waals surface area contributed by atoms with Crippen molar-refractivity contribution in [2.75, 3.05) is 6.54 Å². The maximum Gasteiger partial charge on any atom is 0.0323 e. The van der Waals surface area contributed by atoms with Crippen molar-refractivity contribution in [3.8, 4) is 0 Å². The van der Waals surface area contributed by atoms with Gasteiger partial charge in [-0.1, -0.05) is 43.3 Å². The first kappa shape index (κ1) is 9.86. The van der Waals surface area contributed by atoms with Crippen LogP contribution < -0.4 is 5.32 Å². The third-order valence-electron chi connectivity index (χ3n) is 3.53. The Morgan fingerprint density at radius 3 is 2.62 bits per heavy atom. The van der Waals surface area contributed by atoms with Crippen LogP contribution >= 0.6 is 0 Å². The van der Waals surface area contributed by atoms with Gasteiger partial charge in [0.1, 0.15) is 0 Å². The molecule has 1 fully saturated rings. The molecule has 0 saturated carbocycles. The van der Waals surface area contributed by atoms with Gasteiger partial charge < -0.3 is 5.32 Å². The summed E-state index contributed by atoms with van der Waals surface area (Å²) in [6, 6.07) is 15.9. The summed E-state index contributed by atoms with van der Waals surface area (Å²) in [5.74, 6) is 0.802. The molecule has 2 atom stereocenters. The predicted molar refractivity (Wildman–Crippen MR) is 68.5 cm³/mol. The molecule has 0 spiro atoms.